The summed E-state index contributed by atoms with van der Waals surface area (Å²) in [6, 6.07) is 6.87. The predicted octanol–water partition coefficient (Wildman–Crippen LogP) is 2.26. The molecule has 2 aromatic rings. The van der Waals surface area contributed by atoms with Crippen LogP contribution in [0.25, 0.3) is 11.0 Å². The maximum absolute atomic E-state index is 4.78. The van der Waals surface area contributed by atoms with E-state index in [2.05, 4.69) is 42.1 Å². The van der Waals surface area contributed by atoms with Crippen molar-refractivity contribution in [1.29, 1.82) is 0 Å². The van der Waals surface area contributed by atoms with E-state index in [1.807, 2.05) is 11.8 Å². The van der Waals surface area contributed by atoms with Gasteiger partial charge in [0.15, 0.2) is 0 Å². The minimum atomic E-state index is 0.395. The summed E-state index contributed by atoms with van der Waals surface area (Å²) in [5.41, 5.74) is 3.61. The Hall–Kier alpha value is -1.00. The van der Waals surface area contributed by atoms with Gasteiger partial charge in [-0.25, -0.2) is 4.98 Å². The molecule has 1 aliphatic rings. The molecule has 1 aromatic heterocycles. The molecule has 0 amide bonds. The molecule has 90 valence electrons. The molecule has 0 aliphatic carbocycles. The van der Waals surface area contributed by atoms with Crippen LogP contribution >= 0.6 is 11.8 Å². The lowest BCUT2D eigenvalue weighted by Crippen LogP contribution is -2.32. The number of benzene rings is 1. The first-order valence-electron chi connectivity index (χ1n) is 6.00. The summed E-state index contributed by atoms with van der Waals surface area (Å²) < 4.78 is 2.22. The molecule has 3 rings (SSSR count). The zero-order valence-electron chi connectivity index (χ0n) is 10.2. The summed E-state index contributed by atoms with van der Waals surface area (Å²) in [4.78, 5) is 4.78. The second kappa shape index (κ2) is 4.35. The molecular weight excluding hydrogens is 230 g/mol. The lowest BCUT2D eigenvalue weighted by molar-refractivity contribution is 0.549. The van der Waals surface area contributed by atoms with Crippen LogP contribution in [0.4, 0.5) is 0 Å². The van der Waals surface area contributed by atoms with Crippen molar-refractivity contribution >= 4 is 22.8 Å². The van der Waals surface area contributed by atoms with E-state index in [4.69, 9.17) is 4.98 Å². The molecule has 1 saturated heterocycles. The van der Waals surface area contributed by atoms with Crippen LogP contribution in [0.2, 0.25) is 0 Å². The molecule has 4 heteroatoms. The van der Waals surface area contributed by atoms with Gasteiger partial charge >= 0.3 is 0 Å². The Morgan fingerprint density at radius 2 is 2.35 bits per heavy atom. The number of hydrogen-bond acceptors (Lipinski definition) is 3. The van der Waals surface area contributed by atoms with E-state index in [1.54, 1.807) is 0 Å². The van der Waals surface area contributed by atoms with Gasteiger partial charge in [-0.15, -0.1) is 0 Å². The van der Waals surface area contributed by atoms with Crippen molar-refractivity contribution in [1.82, 2.24) is 14.9 Å². The maximum Gasteiger partial charge on any atom is 0.127 e. The number of rotatable bonds is 1. The van der Waals surface area contributed by atoms with Crippen LogP contribution in [0.15, 0.2) is 18.2 Å². The summed E-state index contributed by atoms with van der Waals surface area (Å²) in [6.07, 6.45) is 0. The SMILES string of the molecule is Cc1ccc2c(c1)nc(C1CSCCN1)n2C. The Labute approximate surface area is 106 Å². The number of hydrogen-bond donors (Lipinski definition) is 1. The first-order valence-corrected chi connectivity index (χ1v) is 7.15. The molecule has 1 fully saturated rings. The van der Waals surface area contributed by atoms with Gasteiger partial charge in [-0.3, -0.25) is 0 Å². The first-order chi connectivity index (χ1) is 8.25. The lowest BCUT2D eigenvalue weighted by atomic mass is 10.2. The smallest absolute Gasteiger partial charge is 0.127 e. The summed E-state index contributed by atoms with van der Waals surface area (Å²) in [5.74, 6) is 3.49. The summed E-state index contributed by atoms with van der Waals surface area (Å²) in [6.45, 7) is 3.19. The van der Waals surface area contributed by atoms with Crippen molar-refractivity contribution in [2.24, 2.45) is 7.05 Å². The zero-order valence-corrected chi connectivity index (χ0v) is 11.0. The maximum atomic E-state index is 4.78. The van der Waals surface area contributed by atoms with Gasteiger partial charge in [-0.1, -0.05) is 6.07 Å². The average molecular weight is 247 g/mol. The molecule has 1 unspecified atom stereocenters. The molecule has 1 N–H and O–H groups in total. The van der Waals surface area contributed by atoms with E-state index in [0.717, 1.165) is 23.6 Å². The molecule has 0 saturated carbocycles. The van der Waals surface area contributed by atoms with Crippen LogP contribution in [-0.4, -0.2) is 27.6 Å². The number of aryl methyl sites for hydroxylation is 2. The second-order valence-corrected chi connectivity index (χ2v) is 5.75. The van der Waals surface area contributed by atoms with Crippen molar-refractivity contribution in [3.63, 3.8) is 0 Å². The Balaban J connectivity index is 2.07. The molecule has 1 aliphatic heterocycles. The monoisotopic (exact) mass is 247 g/mol. The van der Waals surface area contributed by atoms with Crippen LogP contribution in [0.1, 0.15) is 17.4 Å². The Kier molecular flexibility index (Phi) is 2.84. The fourth-order valence-electron chi connectivity index (χ4n) is 2.37. The largest absolute Gasteiger partial charge is 0.330 e. The van der Waals surface area contributed by atoms with Gasteiger partial charge in [0.2, 0.25) is 0 Å². The van der Waals surface area contributed by atoms with E-state index in [0.29, 0.717) is 6.04 Å². The topological polar surface area (TPSA) is 29.9 Å². The first kappa shape index (κ1) is 11.1. The number of imidazole rings is 1. The van der Waals surface area contributed by atoms with Gasteiger partial charge in [0.05, 0.1) is 17.1 Å². The summed E-state index contributed by atoms with van der Waals surface area (Å²) >= 11 is 2.00. The van der Waals surface area contributed by atoms with Crippen molar-refractivity contribution in [3.05, 3.63) is 29.6 Å². The second-order valence-electron chi connectivity index (χ2n) is 4.60. The fourth-order valence-corrected chi connectivity index (χ4v) is 3.30. The predicted molar refractivity (Wildman–Crippen MR) is 73.5 cm³/mol. The van der Waals surface area contributed by atoms with Crippen LogP contribution in [-0.2, 0) is 7.05 Å². The van der Waals surface area contributed by atoms with E-state index in [1.165, 1.54) is 16.8 Å². The third-order valence-corrected chi connectivity index (χ3v) is 4.37. The van der Waals surface area contributed by atoms with E-state index in [9.17, 15) is 0 Å². The van der Waals surface area contributed by atoms with Crippen LogP contribution in [0.3, 0.4) is 0 Å². The molecular formula is C13H17N3S. The van der Waals surface area contributed by atoms with Crippen LogP contribution in [0, 0.1) is 6.92 Å². The minimum absolute atomic E-state index is 0.395. The highest BCUT2D eigenvalue weighted by Gasteiger charge is 2.20. The third kappa shape index (κ3) is 1.96. The molecule has 0 spiro atoms. The van der Waals surface area contributed by atoms with Crippen molar-refractivity contribution in [2.75, 3.05) is 18.1 Å². The lowest BCUT2D eigenvalue weighted by Gasteiger charge is -2.22. The van der Waals surface area contributed by atoms with Gasteiger partial charge in [-0.05, 0) is 24.6 Å². The normalized spacial score (nSPS) is 20.9. The van der Waals surface area contributed by atoms with Crippen molar-refractivity contribution < 1.29 is 0 Å². The number of aromatic nitrogens is 2. The molecule has 1 atom stereocenters. The van der Waals surface area contributed by atoms with Gasteiger partial charge in [0.25, 0.3) is 0 Å². The highest BCUT2D eigenvalue weighted by atomic mass is 32.2. The highest BCUT2D eigenvalue weighted by Crippen LogP contribution is 2.24. The van der Waals surface area contributed by atoms with Gasteiger partial charge in [0.1, 0.15) is 5.82 Å². The number of fused-ring (bicyclic) bond motifs is 1. The van der Waals surface area contributed by atoms with E-state index in [-0.39, 0.29) is 0 Å². The Bertz CT molecular complexity index is 541. The standard InChI is InChI=1S/C13H17N3S/c1-9-3-4-12-10(7-9)15-13(16(12)2)11-8-17-6-5-14-11/h3-4,7,11,14H,5-6,8H2,1-2H3. The average Bonchev–Trinajstić information content (AvgIpc) is 2.67. The Morgan fingerprint density at radius 3 is 3.12 bits per heavy atom. The summed E-state index contributed by atoms with van der Waals surface area (Å²) in [5, 5.41) is 3.55. The van der Waals surface area contributed by atoms with Crippen LogP contribution < -0.4 is 5.32 Å². The van der Waals surface area contributed by atoms with Crippen molar-refractivity contribution in [2.45, 2.75) is 13.0 Å². The van der Waals surface area contributed by atoms with Crippen LogP contribution in [0.5, 0.6) is 0 Å². The molecule has 0 bridgehead atoms. The fraction of sp³-hybridized carbons (Fsp3) is 0.462. The highest BCUT2D eigenvalue weighted by molar-refractivity contribution is 7.99. The molecule has 0 radical (unpaired) electrons. The van der Waals surface area contributed by atoms with E-state index >= 15 is 0 Å². The minimum Gasteiger partial charge on any atom is -0.330 e. The van der Waals surface area contributed by atoms with E-state index < -0.39 is 0 Å². The van der Waals surface area contributed by atoms with Gasteiger partial charge < -0.3 is 9.88 Å². The quantitative estimate of drug-likeness (QED) is 0.838. The molecule has 3 nitrogen and oxygen atoms in total. The Morgan fingerprint density at radius 1 is 1.47 bits per heavy atom. The molecule has 2 heterocycles. The zero-order chi connectivity index (χ0) is 11.8. The number of nitrogens with zero attached hydrogens (tertiary/aromatic N) is 2. The molecule has 1 aromatic carbocycles. The third-order valence-electron chi connectivity index (χ3n) is 3.30. The number of nitrogens with one attached hydrogen (secondary N) is 1. The summed E-state index contributed by atoms with van der Waals surface area (Å²) in [7, 11) is 2.11. The number of thioether (sulfide) groups is 1. The van der Waals surface area contributed by atoms with Gasteiger partial charge in [-0.2, -0.15) is 11.8 Å². The van der Waals surface area contributed by atoms with Crippen molar-refractivity contribution in [3.8, 4) is 0 Å². The van der Waals surface area contributed by atoms with Gasteiger partial charge in [0, 0.05) is 25.1 Å². The molecule has 17 heavy (non-hydrogen) atoms.